The second kappa shape index (κ2) is 9.29. The lowest BCUT2D eigenvalue weighted by Crippen LogP contribution is -2.42. The van der Waals surface area contributed by atoms with Crippen LogP contribution in [0.25, 0.3) is 11.0 Å². The first-order valence-electron chi connectivity index (χ1n) is 11.3. The molecule has 1 N–H and O–H groups in total. The van der Waals surface area contributed by atoms with Gasteiger partial charge < -0.3 is 14.4 Å². The van der Waals surface area contributed by atoms with Crippen LogP contribution in [0.1, 0.15) is 40.2 Å². The number of carbonyl (C=O) groups excluding carboxylic acids is 1. The lowest BCUT2D eigenvalue weighted by Gasteiger charge is -2.38. The van der Waals surface area contributed by atoms with Crippen LogP contribution in [0, 0.1) is 5.82 Å². The van der Waals surface area contributed by atoms with E-state index >= 15 is 0 Å². The third kappa shape index (κ3) is 4.75. The van der Waals surface area contributed by atoms with Crippen LogP contribution in [0.4, 0.5) is 4.39 Å². The predicted octanol–water partition coefficient (Wildman–Crippen LogP) is 4.78. The summed E-state index contributed by atoms with van der Waals surface area (Å²) in [5, 5.41) is 14.1. The van der Waals surface area contributed by atoms with E-state index in [0.29, 0.717) is 25.0 Å². The molecule has 1 amide bonds. The molecular formula is C26H26FN3O3S. The molecule has 0 aliphatic carbocycles. The van der Waals surface area contributed by atoms with Gasteiger partial charge in [-0.05, 0) is 54.3 Å². The molecule has 1 fully saturated rings. The van der Waals surface area contributed by atoms with Crippen LogP contribution in [-0.4, -0.2) is 45.9 Å². The maximum absolute atomic E-state index is 13.2. The van der Waals surface area contributed by atoms with Crippen LogP contribution in [0.3, 0.4) is 0 Å². The summed E-state index contributed by atoms with van der Waals surface area (Å²) in [6.45, 7) is 2.63. The molecule has 0 bridgehead atoms. The van der Waals surface area contributed by atoms with E-state index in [9.17, 15) is 14.3 Å². The summed E-state index contributed by atoms with van der Waals surface area (Å²) < 4.78 is 19.0. The van der Waals surface area contributed by atoms with Crippen molar-refractivity contribution in [2.24, 2.45) is 0 Å². The summed E-state index contributed by atoms with van der Waals surface area (Å²) in [6.07, 6.45) is 1.19. The van der Waals surface area contributed by atoms with Crippen molar-refractivity contribution >= 4 is 28.2 Å². The molecule has 4 aromatic rings. The third-order valence-corrected chi connectivity index (χ3v) is 7.13. The molecule has 3 heterocycles. The zero-order chi connectivity index (χ0) is 23.7. The van der Waals surface area contributed by atoms with Crippen molar-refractivity contribution in [3.8, 4) is 0 Å². The number of aliphatic hydroxyl groups is 1. The van der Waals surface area contributed by atoms with Gasteiger partial charge in [0.1, 0.15) is 11.4 Å². The second-order valence-electron chi connectivity index (χ2n) is 8.94. The largest absolute Gasteiger partial charge is 0.451 e. The standard InChI is InChI=1S/C26H26FN3O3S/c1-29(15-22-16-34-17-28-22)25(31)24-13-19-12-20(4-7-23(19)33-24)26(32)8-10-30(11-9-26)14-18-2-5-21(27)6-3-18/h2-7,12-13,16-17,32H,8-11,14-15H2,1H3. The molecule has 1 aliphatic rings. The smallest absolute Gasteiger partial charge is 0.289 e. The normalized spacial score (nSPS) is 16.1. The summed E-state index contributed by atoms with van der Waals surface area (Å²) in [7, 11) is 1.72. The Kier molecular flexibility index (Phi) is 6.20. The number of carbonyl (C=O) groups is 1. The quantitative estimate of drug-likeness (QED) is 0.431. The van der Waals surface area contributed by atoms with Gasteiger partial charge in [-0.15, -0.1) is 11.3 Å². The Bertz CT molecular complexity index is 1280. The molecule has 0 spiro atoms. The highest BCUT2D eigenvalue weighted by Crippen LogP contribution is 2.35. The molecule has 1 saturated heterocycles. The highest BCUT2D eigenvalue weighted by Gasteiger charge is 2.34. The first kappa shape index (κ1) is 22.7. The predicted molar refractivity (Wildman–Crippen MR) is 129 cm³/mol. The molecule has 5 rings (SSSR count). The van der Waals surface area contributed by atoms with E-state index in [-0.39, 0.29) is 17.5 Å². The molecule has 0 unspecified atom stereocenters. The summed E-state index contributed by atoms with van der Waals surface area (Å²) in [5.74, 6) is -0.174. The zero-order valence-corrected chi connectivity index (χ0v) is 19.7. The van der Waals surface area contributed by atoms with Crippen LogP contribution in [-0.2, 0) is 18.7 Å². The Morgan fingerprint density at radius 2 is 1.97 bits per heavy atom. The number of hydrogen-bond acceptors (Lipinski definition) is 6. The number of amides is 1. The number of furan rings is 1. The molecule has 0 atom stereocenters. The van der Waals surface area contributed by atoms with E-state index in [1.54, 1.807) is 35.7 Å². The molecular weight excluding hydrogens is 453 g/mol. The van der Waals surface area contributed by atoms with Gasteiger partial charge in [-0.3, -0.25) is 9.69 Å². The summed E-state index contributed by atoms with van der Waals surface area (Å²) >= 11 is 1.50. The fraction of sp³-hybridized carbons (Fsp3) is 0.308. The van der Waals surface area contributed by atoms with Crippen LogP contribution in [0.5, 0.6) is 0 Å². The second-order valence-corrected chi connectivity index (χ2v) is 9.66. The van der Waals surface area contributed by atoms with Crippen molar-refractivity contribution in [1.82, 2.24) is 14.8 Å². The van der Waals surface area contributed by atoms with Gasteiger partial charge in [0.2, 0.25) is 0 Å². The van der Waals surface area contributed by atoms with E-state index in [4.69, 9.17) is 4.42 Å². The van der Waals surface area contributed by atoms with Gasteiger partial charge >= 0.3 is 0 Å². The molecule has 2 aromatic heterocycles. The number of benzene rings is 2. The van der Waals surface area contributed by atoms with Crippen molar-refractivity contribution in [1.29, 1.82) is 0 Å². The van der Waals surface area contributed by atoms with Crippen LogP contribution >= 0.6 is 11.3 Å². The van der Waals surface area contributed by atoms with Crippen molar-refractivity contribution < 1.29 is 18.7 Å². The van der Waals surface area contributed by atoms with Crippen LogP contribution in [0.15, 0.2) is 63.8 Å². The topological polar surface area (TPSA) is 69.8 Å². The third-order valence-electron chi connectivity index (χ3n) is 6.50. The Labute approximate surface area is 201 Å². The minimum absolute atomic E-state index is 0.210. The molecule has 6 nitrogen and oxygen atoms in total. The molecule has 0 saturated carbocycles. The minimum atomic E-state index is -0.934. The highest BCUT2D eigenvalue weighted by molar-refractivity contribution is 7.07. The van der Waals surface area contributed by atoms with Gasteiger partial charge in [0.25, 0.3) is 5.91 Å². The van der Waals surface area contributed by atoms with Gasteiger partial charge in [0.05, 0.1) is 23.4 Å². The van der Waals surface area contributed by atoms with Gasteiger partial charge in [-0.2, -0.15) is 0 Å². The number of nitrogens with zero attached hydrogens (tertiary/aromatic N) is 3. The van der Waals surface area contributed by atoms with E-state index in [2.05, 4.69) is 9.88 Å². The molecule has 0 radical (unpaired) electrons. The number of hydrogen-bond donors (Lipinski definition) is 1. The first-order valence-corrected chi connectivity index (χ1v) is 12.2. The van der Waals surface area contributed by atoms with Crippen molar-refractivity contribution in [2.75, 3.05) is 20.1 Å². The molecule has 1 aliphatic heterocycles. The van der Waals surface area contributed by atoms with Crippen molar-refractivity contribution in [3.63, 3.8) is 0 Å². The average molecular weight is 480 g/mol. The van der Waals surface area contributed by atoms with Gasteiger partial charge in [0.15, 0.2) is 5.76 Å². The number of thiazole rings is 1. The SMILES string of the molecule is CN(Cc1cscn1)C(=O)c1cc2cc(C3(O)CCN(Cc4ccc(F)cc4)CC3)ccc2o1. The Morgan fingerprint density at radius 3 is 2.68 bits per heavy atom. The van der Waals surface area contributed by atoms with Gasteiger partial charge in [-0.1, -0.05) is 18.2 Å². The molecule has 176 valence electrons. The lowest BCUT2D eigenvalue weighted by atomic mass is 9.84. The number of fused-ring (bicyclic) bond motifs is 1. The monoisotopic (exact) mass is 479 g/mol. The minimum Gasteiger partial charge on any atom is -0.451 e. The molecule has 34 heavy (non-hydrogen) atoms. The molecule has 8 heteroatoms. The Balaban J connectivity index is 1.26. The molecule has 2 aromatic carbocycles. The van der Waals surface area contributed by atoms with E-state index in [1.165, 1.54) is 23.5 Å². The number of aromatic nitrogens is 1. The highest BCUT2D eigenvalue weighted by atomic mass is 32.1. The van der Waals surface area contributed by atoms with E-state index in [1.807, 2.05) is 23.6 Å². The summed E-state index contributed by atoms with van der Waals surface area (Å²) in [5.41, 5.74) is 4.16. The Hall–Kier alpha value is -3.07. The van der Waals surface area contributed by atoms with Crippen LogP contribution in [0.2, 0.25) is 0 Å². The summed E-state index contributed by atoms with van der Waals surface area (Å²) in [4.78, 5) is 20.9. The number of rotatable bonds is 6. The fourth-order valence-electron chi connectivity index (χ4n) is 4.47. The van der Waals surface area contributed by atoms with Crippen molar-refractivity contribution in [2.45, 2.75) is 31.5 Å². The van der Waals surface area contributed by atoms with Gasteiger partial charge in [-0.25, -0.2) is 9.37 Å². The first-order chi connectivity index (χ1) is 16.4. The number of halogens is 1. The van der Waals surface area contributed by atoms with Crippen LogP contribution < -0.4 is 0 Å². The van der Waals surface area contributed by atoms with Gasteiger partial charge in [0, 0.05) is 37.4 Å². The number of piperidine rings is 1. The lowest BCUT2D eigenvalue weighted by molar-refractivity contribution is -0.0276. The number of likely N-dealkylation sites (tertiary alicyclic amines) is 1. The van der Waals surface area contributed by atoms with E-state index < -0.39 is 5.60 Å². The average Bonchev–Trinajstić information content (AvgIpc) is 3.51. The maximum atomic E-state index is 13.2. The maximum Gasteiger partial charge on any atom is 0.289 e. The van der Waals surface area contributed by atoms with E-state index in [0.717, 1.165) is 41.8 Å². The van der Waals surface area contributed by atoms with Crippen molar-refractivity contribution in [3.05, 3.63) is 87.8 Å². The summed E-state index contributed by atoms with van der Waals surface area (Å²) in [6, 6.07) is 13.9. The fourth-order valence-corrected chi connectivity index (χ4v) is 5.02. The Morgan fingerprint density at radius 1 is 1.21 bits per heavy atom. The zero-order valence-electron chi connectivity index (χ0n) is 18.9.